The summed E-state index contributed by atoms with van der Waals surface area (Å²) in [5, 5.41) is 9.18. The van der Waals surface area contributed by atoms with Crippen LogP contribution in [0.4, 0.5) is 0 Å². The summed E-state index contributed by atoms with van der Waals surface area (Å²) in [5.41, 5.74) is 6.12. The van der Waals surface area contributed by atoms with Crippen molar-refractivity contribution in [3.05, 3.63) is 68.0 Å². The number of amides is 1. The summed E-state index contributed by atoms with van der Waals surface area (Å²) < 4.78 is 5.29. The van der Waals surface area contributed by atoms with E-state index in [1.165, 1.54) is 16.0 Å². The molecule has 0 fully saturated rings. The molecule has 0 unspecified atom stereocenters. The predicted octanol–water partition coefficient (Wildman–Crippen LogP) is 4.11. The first-order valence-corrected chi connectivity index (χ1v) is 10.8. The molecule has 0 saturated carbocycles. The monoisotopic (exact) mass is 410 g/mol. The molecule has 0 aliphatic carbocycles. The largest absolute Gasteiger partial charge is 0.361 e. The average molecular weight is 411 g/mol. The van der Waals surface area contributed by atoms with Gasteiger partial charge in [0, 0.05) is 47.3 Å². The Morgan fingerprint density at radius 3 is 2.86 bits per heavy atom. The smallest absolute Gasteiger partial charge is 0.252 e. The molecular weight excluding hydrogens is 384 g/mol. The van der Waals surface area contributed by atoms with E-state index in [0.29, 0.717) is 0 Å². The number of carbonyl (C=O) groups excluding carboxylic acids is 1. The van der Waals surface area contributed by atoms with Gasteiger partial charge in [0.05, 0.1) is 17.3 Å². The summed E-state index contributed by atoms with van der Waals surface area (Å²) in [6, 6.07) is 3.91. The topological polar surface area (TPSA) is 71.3 Å². The van der Waals surface area contributed by atoms with E-state index in [4.69, 9.17) is 4.52 Å². The SMILES string of the molecule is Cc1ccc([C@H](C)NC(=O)c2csc3c2CCN(Cc2c(C)noc2C)C3)cn1. The van der Waals surface area contributed by atoms with Crippen molar-refractivity contribution in [1.82, 2.24) is 20.4 Å². The van der Waals surface area contributed by atoms with Gasteiger partial charge in [-0.2, -0.15) is 0 Å². The number of aromatic nitrogens is 2. The first kappa shape index (κ1) is 19.8. The van der Waals surface area contributed by atoms with Crippen molar-refractivity contribution in [1.29, 1.82) is 0 Å². The molecule has 0 spiro atoms. The molecule has 0 aromatic carbocycles. The number of fused-ring (bicyclic) bond motifs is 1. The molecule has 1 amide bonds. The van der Waals surface area contributed by atoms with E-state index in [1.807, 2.05) is 51.4 Å². The maximum absolute atomic E-state index is 12.9. The van der Waals surface area contributed by atoms with E-state index in [2.05, 4.69) is 20.4 Å². The van der Waals surface area contributed by atoms with Crippen molar-refractivity contribution < 1.29 is 9.32 Å². The third-order valence-corrected chi connectivity index (χ3v) is 6.63. The summed E-state index contributed by atoms with van der Waals surface area (Å²) in [6.07, 6.45) is 2.71. The van der Waals surface area contributed by atoms with Gasteiger partial charge in [-0.05, 0) is 51.3 Å². The van der Waals surface area contributed by atoms with Crippen molar-refractivity contribution in [3.63, 3.8) is 0 Å². The zero-order chi connectivity index (χ0) is 20.5. The van der Waals surface area contributed by atoms with Crippen molar-refractivity contribution in [2.75, 3.05) is 6.54 Å². The highest BCUT2D eigenvalue weighted by atomic mass is 32.1. The van der Waals surface area contributed by atoms with E-state index in [0.717, 1.165) is 54.3 Å². The lowest BCUT2D eigenvalue weighted by atomic mass is 10.0. The molecule has 4 heterocycles. The lowest BCUT2D eigenvalue weighted by Crippen LogP contribution is -2.32. The Balaban J connectivity index is 1.43. The molecule has 1 atom stereocenters. The van der Waals surface area contributed by atoms with E-state index in [1.54, 1.807) is 11.3 Å². The molecule has 1 aliphatic rings. The fraction of sp³-hybridized carbons (Fsp3) is 0.409. The summed E-state index contributed by atoms with van der Waals surface area (Å²) in [7, 11) is 0. The van der Waals surface area contributed by atoms with Crippen LogP contribution < -0.4 is 5.32 Å². The summed E-state index contributed by atoms with van der Waals surface area (Å²) >= 11 is 1.68. The Morgan fingerprint density at radius 2 is 2.17 bits per heavy atom. The van der Waals surface area contributed by atoms with Crippen LogP contribution in [0.2, 0.25) is 0 Å². The van der Waals surface area contributed by atoms with Gasteiger partial charge in [0.2, 0.25) is 0 Å². The molecule has 1 N–H and O–H groups in total. The third-order valence-electron chi connectivity index (χ3n) is 5.62. The van der Waals surface area contributed by atoms with Crippen LogP contribution in [0, 0.1) is 20.8 Å². The summed E-state index contributed by atoms with van der Waals surface area (Å²) in [5.74, 6) is 0.883. The Bertz CT molecular complexity index is 1000. The van der Waals surface area contributed by atoms with Crippen molar-refractivity contribution >= 4 is 17.2 Å². The Hall–Kier alpha value is -2.51. The summed E-state index contributed by atoms with van der Waals surface area (Å²) in [6.45, 7) is 10.5. The van der Waals surface area contributed by atoms with Gasteiger partial charge in [-0.15, -0.1) is 11.3 Å². The minimum absolute atomic E-state index is 0.00486. The number of hydrogen-bond acceptors (Lipinski definition) is 6. The lowest BCUT2D eigenvalue weighted by molar-refractivity contribution is 0.0938. The van der Waals surface area contributed by atoms with Gasteiger partial charge in [0.1, 0.15) is 5.76 Å². The zero-order valence-corrected chi connectivity index (χ0v) is 18.1. The second kappa shape index (κ2) is 8.08. The Morgan fingerprint density at radius 1 is 1.34 bits per heavy atom. The van der Waals surface area contributed by atoms with Gasteiger partial charge in [-0.25, -0.2) is 0 Å². The van der Waals surface area contributed by atoms with E-state index in [-0.39, 0.29) is 11.9 Å². The number of carbonyl (C=O) groups is 1. The molecular formula is C22H26N4O2S. The zero-order valence-electron chi connectivity index (χ0n) is 17.3. The second-order valence-electron chi connectivity index (χ2n) is 7.74. The van der Waals surface area contributed by atoms with Crippen LogP contribution in [0.5, 0.6) is 0 Å². The van der Waals surface area contributed by atoms with Gasteiger partial charge in [0.15, 0.2) is 0 Å². The van der Waals surface area contributed by atoms with Gasteiger partial charge in [-0.1, -0.05) is 11.2 Å². The van der Waals surface area contributed by atoms with Crippen molar-refractivity contribution in [2.45, 2.75) is 53.2 Å². The standard InChI is InChI=1S/C22H26N4O2S/c1-13-5-6-17(9-23-13)14(2)24-22(27)20-12-29-21-11-26(8-7-18(20)21)10-19-15(3)25-28-16(19)4/h5-6,9,12,14H,7-8,10-11H2,1-4H3,(H,24,27)/t14-/m0/s1. The molecule has 152 valence electrons. The van der Waals surface area contributed by atoms with Crippen LogP contribution in [-0.4, -0.2) is 27.5 Å². The van der Waals surface area contributed by atoms with E-state index < -0.39 is 0 Å². The molecule has 29 heavy (non-hydrogen) atoms. The fourth-order valence-electron chi connectivity index (χ4n) is 3.75. The molecule has 6 nitrogen and oxygen atoms in total. The number of aryl methyl sites for hydroxylation is 3. The molecule has 3 aromatic heterocycles. The molecule has 1 aliphatic heterocycles. The molecule has 4 rings (SSSR count). The first-order chi connectivity index (χ1) is 13.9. The van der Waals surface area contributed by atoms with Crippen molar-refractivity contribution in [3.8, 4) is 0 Å². The van der Waals surface area contributed by atoms with Gasteiger partial charge in [0.25, 0.3) is 5.91 Å². The van der Waals surface area contributed by atoms with Crippen LogP contribution in [0.1, 0.15) is 62.0 Å². The molecule has 7 heteroatoms. The molecule has 0 bridgehead atoms. The van der Waals surface area contributed by atoms with Gasteiger partial charge >= 0.3 is 0 Å². The quantitative estimate of drug-likeness (QED) is 0.685. The first-order valence-electron chi connectivity index (χ1n) is 9.89. The van der Waals surface area contributed by atoms with Crippen molar-refractivity contribution in [2.24, 2.45) is 0 Å². The number of hydrogen-bond donors (Lipinski definition) is 1. The normalized spacial score (nSPS) is 15.2. The third kappa shape index (κ3) is 4.11. The number of thiophene rings is 1. The van der Waals surface area contributed by atoms with Crippen LogP contribution in [-0.2, 0) is 19.5 Å². The lowest BCUT2D eigenvalue weighted by Gasteiger charge is -2.27. The van der Waals surface area contributed by atoms with E-state index in [9.17, 15) is 4.79 Å². The fourth-order valence-corrected chi connectivity index (χ4v) is 4.87. The van der Waals surface area contributed by atoms with Crippen LogP contribution in [0.3, 0.4) is 0 Å². The maximum atomic E-state index is 12.9. The second-order valence-corrected chi connectivity index (χ2v) is 8.71. The number of nitrogens with one attached hydrogen (secondary N) is 1. The minimum Gasteiger partial charge on any atom is -0.361 e. The van der Waals surface area contributed by atoms with E-state index >= 15 is 0 Å². The minimum atomic E-state index is -0.0780. The number of nitrogens with zero attached hydrogens (tertiary/aromatic N) is 3. The van der Waals surface area contributed by atoms with Gasteiger partial charge < -0.3 is 9.84 Å². The highest BCUT2D eigenvalue weighted by Gasteiger charge is 2.25. The van der Waals surface area contributed by atoms with Crippen LogP contribution >= 0.6 is 11.3 Å². The van der Waals surface area contributed by atoms with Gasteiger partial charge in [-0.3, -0.25) is 14.7 Å². The average Bonchev–Trinajstić information content (AvgIpc) is 3.26. The van der Waals surface area contributed by atoms with Crippen LogP contribution in [0.25, 0.3) is 0 Å². The maximum Gasteiger partial charge on any atom is 0.252 e. The molecule has 3 aromatic rings. The van der Waals surface area contributed by atoms with Crippen LogP contribution in [0.15, 0.2) is 28.2 Å². The number of pyridine rings is 1. The highest BCUT2D eigenvalue weighted by Crippen LogP contribution is 2.30. The summed E-state index contributed by atoms with van der Waals surface area (Å²) in [4.78, 5) is 20.9. The number of rotatable bonds is 5. The Labute approximate surface area is 174 Å². The predicted molar refractivity (Wildman–Crippen MR) is 113 cm³/mol. The Kier molecular flexibility index (Phi) is 5.52. The highest BCUT2D eigenvalue weighted by molar-refractivity contribution is 7.10. The molecule has 0 radical (unpaired) electrons. The molecule has 0 saturated heterocycles.